The summed E-state index contributed by atoms with van der Waals surface area (Å²) in [5.74, 6) is -0.140. The molecule has 2 aromatic rings. The fourth-order valence-corrected chi connectivity index (χ4v) is 2.16. The first-order valence-corrected chi connectivity index (χ1v) is 7.91. The van der Waals surface area contributed by atoms with Crippen LogP contribution in [0.3, 0.4) is 0 Å². The summed E-state index contributed by atoms with van der Waals surface area (Å²) in [5.41, 5.74) is 7.38. The van der Waals surface area contributed by atoms with Gasteiger partial charge in [-0.2, -0.15) is 5.26 Å². The first-order chi connectivity index (χ1) is 12.5. The maximum absolute atomic E-state index is 12.2. The minimum Gasteiger partial charge on any atom is -0.484 e. The summed E-state index contributed by atoms with van der Waals surface area (Å²) in [5, 5.41) is 8.80. The lowest BCUT2D eigenvalue weighted by Crippen LogP contribution is -2.24. The number of primary amides is 1. The molecular weight excluding hydrogens is 330 g/mol. The highest BCUT2D eigenvalue weighted by atomic mass is 16.5. The van der Waals surface area contributed by atoms with Gasteiger partial charge in [-0.25, -0.2) is 0 Å². The minimum atomic E-state index is -0.537. The van der Waals surface area contributed by atoms with Gasteiger partial charge in [-0.1, -0.05) is 24.3 Å². The van der Waals surface area contributed by atoms with Crippen LogP contribution < -0.4 is 10.5 Å². The number of amides is 2. The van der Waals surface area contributed by atoms with Crippen molar-refractivity contribution in [2.75, 3.05) is 13.7 Å². The molecule has 0 spiro atoms. The van der Waals surface area contributed by atoms with Crippen LogP contribution in [0.5, 0.6) is 5.75 Å². The van der Waals surface area contributed by atoms with Gasteiger partial charge in [0.15, 0.2) is 6.61 Å². The number of carbonyl (C=O) groups is 2. The molecule has 0 unspecified atom stereocenters. The lowest BCUT2D eigenvalue weighted by Gasteiger charge is -2.15. The second-order valence-corrected chi connectivity index (χ2v) is 5.66. The lowest BCUT2D eigenvalue weighted by atomic mass is 10.1. The Kier molecular flexibility index (Phi) is 6.52. The fourth-order valence-electron chi connectivity index (χ4n) is 2.16. The Bertz CT molecular complexity index is 834. The molecule has 26 heavy (non-hydrogen) atoms. The normalized spacial score (nSPS) is 10.3. The zero-order valence-corrected chi connectivity index (χ0v) is 14.4. The molecule has 0 fully saturated rings. The van der Waals surface area contributed by atoms with Crippen LogP contribution in [-0.2, 0) is 16.1 Å². The number of hydrogen-bond acceptors (Lipinski definition) is 4. The number of nitriles is 1. The third-order valence-corrected chi connectivity index (χ3v) is 3.56. The van der Waals surface area contributed by atoms with Crippen molar-refractivity contribution in [3.05, 3.63) is 71.3 Å². The van der Waals surface area contributed by atoms with Crippen LogP contribution in [0.15, 0.2) is 54.6 Å². The Hall–Kier alpha value is -3.59. The first-order valence-electron chi connectivity index (χ1n) is 7.91. The summed E-state index contributed by atoms with van der Waals surface area (Å²) in [6, 6.07) is 16.1. The molecule has 6 heteroatoms. The Morgan fingerprint density at radius 2 is 1.81 bits per heavy atom. The van der Waals surface area contributed by atoms with Crippen molar-refractivity contribution in [3.63, 3.8) is 0 Å². The predicted octanol–water partition coefficient (Wildman–Crippen LogP) is 2.09. The third kappa shape index (κ3) is 5.80. The lowest BCUT2D eigenvalue weighted by molar-refractivity contribution is -0.125. The molecule has 0 aromatic heterocycles. The van der Waals surface area contributed by atoms with Crippen LogP contribution in [0.2, 0.25) is 0 Å². The van der Waals surface area contributed by atoms with Gasteiger partial charge < -0.3 is 15.4 Å². The molecule has 0 saturated carbocycles. The molecule has 0 radical (unpaired) electrons. The Morgan fingerprint density at radius 1 is 1.15 bits per heavy atom. The monoisotopic (exact) mass is 349 g/mol. The summed E-state index contributed by atoms with van der Waals surface area (Å²) in [4.78, 5) is 24.5. The number of ether oxygens (including phenoxy) is 1. The van der Waals surface area contributed by atoms with Gasteiger partial charge in [0, 0.05) is 19.7 Å². The molecule has 2 aromatic carbocycles. The molecule has 0 heterocycles. The quantitative estimate of drug-likeness (QED) is 0.774. The summed E-state index contributed by atoms with van der Waals surface area (Å²) in [6.45, 7) is 0.280. The number of benzene rings is 2. The molecule has 2 amide bonds. The molecule has 0 bridgehead atoms. The van der Waals surface area contributed by atoms with Crippen LogP contribution in [-0.4, -0.2) is 30.4 Å². The van der Waals surface area contributed by atoms with Gasteiger partial charge in [0.1, 0.15) is 5.75 Å². The first kappa shape index (κ1) is 18.7. The van der Waals surface area contributed by atoms with E-state index in [-0.39, 0.29) is 12.5 Å². The van der Waals surface area contributed by atoms with E-state index in [1.807, 2.05) is 12.1 Å². The van der Waals surface area contributed by atoms with Crippen molar-refractivity contribution in [2.24, 2.45) is 5.73 Å². The van der Waals surface area contributed by atoms with Gasteiger partial charge in [0.2, 0.25) is 5.91 Å². The Labute approximate surface area is 152 Å². The maximum Gasteiger partial charge on any atom is 0.255 e. The van der Waals surface area contributed by atoms with Gasteiger partial charge in [-0.05, 0) is 41.5 Å². The van der Waals surface area contributed by atoms with Crippen LogP contribution in [0, 0.1) is 11.3 Å². The van der Waals surface area contributed by atoms with Gasteiger partial charge in [-0.3, -0.25) is 9.59 Å². The molecule has 6 nitrogen and oxygen atoms in total. The van der Waals surface area contributed by atoms with E-state index in [9.17, 15) is 9.59 Å². The largest absolute Gasteiger partial charge is 0.484 e. The highest BCUT2D eigenvalue weighted by Crippen LogP contribution is 2.13. The second kappa shape index (κ2) is 9.04. The van der Waals surface area contributed by atoms with E-state index in [1.165, 1.54) is 6.08 Å². The second-order valence-electron chi connectivity index (χ2n) is 5.66. The topological polar surface area (TPSA) is 96.4 Å². The maximum atomic E-state index is 12.2. The summed E-state index contributed by atoms with van der Waals surface area (Å²) < 4.78 is 5.18. The number of carbonyl (C=O) groups excluding carboxylic acids is 2. The molecule has 0 aliphatic rings. The SMILES string of the molecule is CN(Cc1ccc(C#N)cc1)C(=O)/C=C/c1ccc(OCC(N)=O)cc1. The molecule has 0 aliphatic heterocycles. The van der Waals surface area contributed by atoms with E-state index < -0.39 is 5.91 Å². The van der Waals surface area contributed by atoms with Crippen molar-refractivity contribution in [2.45, 2.75) is 6.54 Å². The van der Waals surface area contributed by atoms with Crippen LogP contribution in [0.25, 0.3) is 6.08 Å². The van der Waals surface area contributed by atoms with Crippen molar-refractivity contribution in [1.29, 1.82) is 5.26 Å². The van der Waals surface area contributed by atoms with Gasteiger partial charge in [0.25, 0.3) is 5.91 Å². The van der Waals surface area contributed by atoms with E-state index in [2.05, 4.69) is 6.07 Å². The van der Waals surface area contributed by atoms with Gasteiger partial charge in [0.05, 0.1) is 11.6 Å². The van der Waals surface area contributed by atoms with E-state index >= 15 is 0 Å². The number of likely N-dealkylation sites (N-methyl/N-ethyl adjacent to an activating group) is 1. The van der Waals surface area contributed by atoms with Crippen molar-refractivity contribution in [3.8, 4) is 11.8 Å². The number of rotatable bonds is 7. The molecule has 0 aliphatic carbocycles. The van der Waals surface area contributed by atoms with Crippen molar-refractivity contribution >= 4 is 17.9 Å². The Morgan fingerprint density at radius 3 is 2.38 bits per heavy atom. The average molecular weight is 349 g/mol. The van der Waals surface area contributed by atoms with E-state index in [1.54, 1.807) is 54.4 Å². The van der Waals surface area contributed by atoms with E-state index in [4.69, 9.17) is 15.7 Å². The summed E-state index contributed by atoms with van der Waals surface area (Å²) in [7, 11) is 1.71. The number of hydrogen-bond donors (Lipinski definition) is 1. The zero-order valence-electron chi connectivity index (χ0n) is 14.4. The van der Waals surface area contributed by atoms with E-state index in [0.29, 0.717) is 17.9 Å². The summed E-state index contributed by atoms with van der Waals surface area (Å²) in [6.07, 6.45) is 3.19. The van der Waals surface area contributed by atoms with Crippen LogP contribution in [0.1, 0.15) is 16.7 Å². The highest BCUT2D eigenvalue weighted by molar-refractivity contribution is 5.91. The smallest absolute Gasteiger partial charge is 0.255 e. The molecule has 0 saturated heterocycles. The predicted molar refractivity (Wildman–Crippen MR) is 97.8 cm³/mol. The van der Waals surface area contributed by atoms with Crippen LogP contribution in [0.4, 0.5) is 0 Å². The van der Waals surface area contributed by atoms with Gasteiger partial charge >= 0.3 is 0 Å². The summed E-state index contributed by atoms with van der Waals surface area (Å²) >= 11 is 0. The van der Waals surface area contributed by atoms with Gasteiger partial charge in [-0.15, -0.1) is 0 Å². The number of nitrogens with two attached hydrogens (primary N) is 1. The van der Waals surface area contributed by atoms with Crippen molar-refractivity contribution < 1.29 is 14.3 Å². The van der Waals surface area contributed by atoms with Crippen LogP contribution >= 0.6 is 0 Å². The molecular formula is C20H19N3O3. The Balaban J connectivity index is 1.90. The van der Waals surface area contributed by atoms with E-state index in [0.717, 1.165) is 11.1 Å². The standard InChI is InChI=1S/C20H19N3O3/c1-23(13-17-4-2-16(12-21)3-5-17)20(25)11-8-15-6-9-18(10-7-15)26-14-19(22)24/h2-11H,13-14H2,1H3,(H2,22,24)/b11-8+. The molecule has 132 valence electrons. The zero-order chi connectivity index (χ0) is 18.9. The minimum absolute atomic E-state index is 0.136. The highest BCUT2D eigenvalue weighted by Gasteiger charge is 2.06. The third-order valence-electron chi connectivity index (χ3n) is 3.56. The van der Waals surface area contributed by atoms with Crippen molar-refractivity contribution in [1.82, 2.24) is 4.90 Å². The molecule has 0 atom stereocenters. The molecule has 2 N–H and O–H groups in total. The molecule has 2 rings (SSSR count). The average Bonchev–Trinajstić information content (AvgIpc) is 2.65. The number of nitrogens with zero attached hydrogens (tertiary/aromatic N) is 2. The fraction of sp³-hybridized carbons (Fsp3) is 0.150.